The van der Waals surface area contributed by atoms with Gasteiger partial charge in [0.25, 0.3) is 11.8 Å². The van der Waals surface area contributed by atoms with Crippen LogP contribution in [-0.4, -0.2) is 90.2 Å². The number of carbonyl (C=O) groups is 3. The lowest BCUT2D eigenvalue weighted by molar-refractivity contribution is -0.141. The van der Waals surface area contributed by atoms with Crippen LogP contribution in [0.4, 0.5) is 13.2 Å². The van der Waals surface area contributed by atoms with Gasteiger partial charge in [-0.1, -0.05) is 0 Å². The van der Waals surface area contributed by atoms with Crippen LogP contribution >= 0.6 is 0 Å². The van der Waals surface area contributed by atoms with Crippen LogP contribution in [0.25, 0.3) is 0 Å². The third kappa shape index (κ3) is 4.80. The summed E-state index contributed by atoms with van der Waals surface area (Å²) in [5, 5.41) is 0. The quantitative estimate of drug-likeness (QED) is 0.625. The summed E-state index contributed by atoms with van der Waals surface area (Å²) in [4.78, 5) is 44.6. The lowest BCUT2D eigenvalue weighted by Crippen LogP contribution is -2.60. The minimum absolute atomic E-state index is 0.0241. The van der Waals surface area contributed by atoms with Crippen LogP contribution < -0.4 is 0 Å². The number of benzene rings is 2. The third-order valence-electron chi connectivity index (χ3n) is 7.17. The van der Waals surface area contributed by atoms with E-state index in [0.29, 0.717) is 32.4 Å². The maximum atomic E-state index is 14.2. The first-order chi connectivity index (χ1) is 17.8. The van der Waals surface area contributed by atoms with Crippen molar-refractivity contribution in [3.05, 3.63) is 71.0 Å². The smallest absolute Gasteiger partial charge is 0.256 e. The molecule has 0 radical (unpaired) electrons. The maximum absolute atomic E-state index is 14.2. The molecule has 3 amide bonds. The van der Waals surface area contributed by atoms with E-state index >= 15 is 0 Å². The molecule has 1 unspecified atom stereocenters. The molecule has 1 spiro atoms. The molecule has 3 aliphatic rings. The second kappa shape index (κ2) is 10.1. The minimum atomic E-state index is -1.17. The van der Waals surface area contributed by atoms with Crippen molar-refractivity contribution in [3.8, 4) is 0 Å². The Hall–Kier alpha value is -3.44. The van der Waals surface area contributed by atoms with Crippen molar-refractivity contribution >= 4 is 17.7 Å². The monoisotopic (exact) mass is 517 g/mol. The first-order valence-electron chi connectivity index (χ1n) is 12.1. The average Bonchev–Trinajstić information content (AvgIpc) is 3.27. The highest BCUT2D eigenvalue weighted by atomic mass is 19.1. The average molecular weight is 518 g/mol. The van der Waals surface area contributed by atoms with Gasteiger partial charge in [0.2, 0.25) is 5.91 Å². The molecule has 37 heavy (non-hydrogen) atoms. The first kappa shape index (κ1) is 25.2. The maximum Gasteiger partial charge on any atom is 0.256 e. The van der Waals surface area contributed by atoms with Crippen molar-refractivity contribution in [2.75, 3.05) is 46.0 Å². The molecule has 5 rings (SSSR count). The number of piperidine rings is 1. The molecular formula is C26H26F3N3O5. The molecule has 196 valence electrons. The van der Waals surface area contributed by atoms with Crippen molar-refractivity contribution in [2.45, 2.75) is 24.6 Å². The van der Waals surface area contributed by atoms with Gasteiger partial charge in [0.1, 0.15) is 29.2 Å². The van der Waals surface area contributed by atoms with Gasteiger partial charge >= 0.3 is 0 Å². The van der Waals surface area contributed by atoms with E-state index in [1.54, 1.807) is 4.90 Å². The van der Waals surface area contributed by atoms with Crippen molar-refractivity contribution in [1.29, 1.82) is 0 Å². The van der Waals surface area contributed by atoms with E-state index in [0.717, 1.165) is 12.1 Å². The summed E-state index contributed by atoms with van der Waals surface area (Å²) in [6.45, 7) is 1.81. The molecule has 0 aromatic heterocycles. The molecule has 1 atom stereocenters. The summed E-state index contributed by atoms with van der Waals surface area (Å²) in [7, 11) is 0. The van der Waals surface area contributed by atoms with Crippen LogP contribution in [0, 0.1) is 17.5 Å². The van der Waals surface area contributed by atoms with Gasteiger partial charge in [-0.15, -0.1) is 0 Å². The van der Waals surface area contributed by atoms with Gasteiger partial charge in [-0.05, 0) is 36.4 Å². The zero-order valence-corrected chi connectivity index (χ0v) is 20.0. The lowest BCUT2D eigenvalue weighted by Gasteiger charge is -2.45. The summed E-state index contributed by atoms with van der Waals surface area (Å²) in [6, 6.07) is 6.95. The number of rotatable bonds is 3. The molecule has 0 bridgehead atoms. The standard InChI is InChI=1S/C26H26F3N3O5/c27-18-3-1-17(2-4-18)23(33)32-22(25(35)31-11-13-36-14-12-31)16-37-26(32)7-9-30(10-8-26)24(34)20-6-5-19(28)15-21(20)29/h1-6,15,22H,7-14,16H2. The number of likely N-dealkylation sites (tertiary alicyclic amines) is 1. The van der Waals surface area contributed by atoms with Gasteiger partial charge in [-0.2, -0.15) is 0 Å². The van der Waals surface area contributed by atoms with Gasteiger partial charge in [0, 0.05) is 50.7 Å². The second-order valence-electron chi connectivity index (χ2n) is 9.31. The van der Waals surface area contributed by atoms with Crippen molar-refractivity contribution in [2.24, 2.45) is 0 Å². The molecular weight excluding hydrogens is 491 g/mol. The normalized spacial score (nSPS) is 21.4. The molecule has 8 nitrogen and oxygen atoms in total. The van der Waals surface area contributed by atoms with E-state index in [9.17, 15) is 27.6 Å². The largest absolute Gasteiger partial charge is 0.378 e. The van der Waals surface area contributed by atoms with Crippen LogP contribution in [0.1, 0.15) is 33.6 Å². The predicted octanol–water partition coefficient (Wildman–Crippen LogP) is 2.44. The lowest BCUT2D eigenvalue weighted by atomic mass is 9.96. The fourth-order valence-electron chi connectivity index (χ4n) is 5.17. The Balaban J connectivity index is 1.39. The van der Waals surface area contributed by atoms with Gasteiger partial charge in [-0.25, -0.2) is 13.2 Å². The minimum Gasteiger partial charge on any atom is -0.378 e. The van der Waals surface area contributed by atoms with Crippen LogP contribution in [0.3, 0.4) is 0 Å². The highest BCUT2D eigenvalue weighted by Gasteiger charge is 2.55. The summed E-state index contributed by atoms with van der Waals surface area (Å²) in [6.07, 6.45) is 0.364. The molecule has 3 fully saturated rings. The fourth-order valence-corrected chi connectivity index (χ4v) is 5.17. The second-order valence-corrected chi connectivity index (χ2v) is 9.31. The number of halogens is 3. The summed E-state index contributed by atoms with van der Waals surface area (Å²) in [5.74, 6) is -3.56. The SMILES string of the molecule is O=C(c1ccc(F)cc1F)N1CCC2(CC1)OCC(C(=O)N1CCOCC1)N2C(=O)c1ccc(F)cc1. The van der Waals surface area contributed by atoms with E-state index in [-0.39, 0.29) is 49.6 Å². The van der Waals surface area contributed by atoms with Crippen LogP contribution in [0.2, 0.25) is 0 Å². The number of hydrogen-bond donors (Lipinski definition) is 0. The Kier molecular flexibility index (Phi) is 6.91. The van der Waals surface area contributed by atoms with Gasteiger partial charge in [-0.3, -0.25) is 19.3 Å². The summed E-state index contributed by atoms with van der Waals surface area (Å²) < 4.78 is 52.5. The van der Waals surface area contributed by atoms with Crippen molar-refractivity contribution in [1.82, 2.24) is 14.7 Å². The highest BCUT2D eigenvalue weighted by Crippen LogP contribution is 2.39. The van der Waals surface area contributed by atoms with Crippen molar-refractivity contribution < 1.29 is 37.0 Å². The Morgan fingerprint density at radius 2 is 1.46 bits per heavy atom. The molecule has 2 aromatic carbocycles. The Labute approximate surface area is 211 Å². The van der Waals surface area contributed by atoms with Crippen molar-refractivity contribution in [3.63, 3.8) is 0 Å². The van der Waals surface area contributed by atoms with Crippen LogP contribution in [0.15, 0.2) is 42.5 Å². The number of ether oxygens (including phenoxy) is 2. The molecule has 3 aliphatic heterocycles. The number of nitrogens with zero attached hydrogens (tertiary/aromatic N) is 3. The van der Waals surface area contributed by atoms with Gasteiger partial charge in [0.05, 0.1) is 25.4 Å². The van der Waals surface area contributed by atoms with E-state index in [4.69, 9.17) is 9.47 Å². The number of carbonyl (C=O) groups excluding carboxylic acids is 3. The van der Waals surface area contributed by atoms with Gasteiger partial charge < -0.3 is 19.3 Å². The summed E-state index contributed by atoms with van der Waals surface area (Å²) >= 11 is 0. The fraction of sp³-hybridized carbons (Fsp3) is 0.423. The summed E-state index contributed by atoms with van der Waals surface area (Å²) in [5.41, 5.74) is -1.21. The van der Waals surface area contributed by atoms with E-state index in [1.807, 2.05) is 0 Å². The molecule has 0 saturated carbocycles. The zero-order chi connectivity index (χ0) is 26.2. The molecule has 2 aromatic rings. The highest BCUT2D eigenvalue weighted by molar-refractivity contribution is 5.98. The van der Waals surface area contributed by atoms with E-state index in [1.165, 1.54) is 34.1 Å². The topological polar surface area (TPSA) is 79.4 Å². The third-order valence-corrected chi connectivity index (χ3v) is 7.17. The number of hydrogen-bond acceptors (Lipinski definition) is 5. The Bertz CT molecular complexity index is 1190. The van der Waals surface area contributed by atoms with Crippen LogP contribution in [-0.2, 0) is 14.3 Å². The Morgan fingerprint density at radius 3 is 2.11 bits per heavy atom. The predicted molar refractivity (Wildman–Crippen MR) is 124 cm³/mol. The molecule has 0 aliphatic carbocycles. The molecule has 0 N–H and O–H groups in total. The van der Waals surface area contributed by atoms with Gasteiger partial charge in [0.15, 0.2) is 0 Å². The number of morpholine rings is 1. The van der Waals surface area contributed by atoms with E-state index in [2.05, 4.69) is 0 Å². The first-order valence-corrected chi connectivity index (χ1v) is 12.1. The zero-order valence-electron chi connectivity index (χ0n) is 20.0. The molecule has 3 heterocycles. The van der Waals surface area contributed by atoms with Crippen LogP contribution in [0.5, 0.6) is 0 Å². The number of amides is 3. The molecule has 11 heteroatoms. The molecule has 3 saturated heterocycles. The Morgan fingerprint density at radius 1 is 0.811 bits per heavy atom. The van der Waals surface area contributed by atoms with E-state index < -0.39 is 41.0 Å².